The van der Waals surface area contributed by atoms with Crippen molar-refractivity contribution in [1.29, 1.82) is 0 Å². The number of nitrogens with zero attached hydrogens (tertiary/aromatic N) is 3. The van der Waals surface area contributed by atoms with Crippen molar-refractivity contribution in [3.05, 3.63) is 42.0 Å². The lowest BCUT2D eigenvalue weighted by atomic mass is 9.94. The molecule has 0 bridgehead atoms. The fraction of sp³-hybridized carbons (Fsp3) is 0.500. The molecule has 4 rings (SSSR count). The van der Waals surface area contributed by atoms with Crippen LogP contribution in [0.2, 0.25) is 0 Å². The molecule has 6 nitrogen and oxygen atoms in total. The molecule has 2 fully saturated rings. The molecule has 166 valence electrons. The number of hydrogen-bond donors (Lipinski definition) is 2. The Kier molecular flexibility index (Phi) is 7.15. The van der Waals surface area contributed by atoms with Gasteiger partial charge in [-0.25, -0.2) is 9.78 Å². The first kappa shape index (κ1) is 22.1. The van der Waals surface area contributed by atoms with Crippen molar-refractivity contribution in [2.24, 2.45) is 5.92 Å². The first-order valence-corrected chi connectivity index (χ1v) is 12.3. The van der Waals surface area contributed by atoms with E-state index in [0.29, 0.717) is 17.8 Å². The Morgan fingerprint density at radius 1 is 1.10 bits per heavy atom. The number of aromatic carboxylic acids is 1. The number of aliphatic hydroxyl groups excluding tert-OH is 1. The predicted octanol–water partition coefficient (Wildman–Crippen LogP) is 3.84. The fourth-order valence-corrected chi connectivity index (χ4v) is 5.21. The van der Waals surface area contributed by atoms with Crippen LogP contribution >= 0.6 is 11.8 Å². The van der Waals surface area contributed by atoms with Crippen LogP contribution in [0.1, 0.15) is 36.0 Å². The minimum atomic E-state index is -0.935. The molecule has 31 heavy (non-hydrogen) atoms. The molecule has 1 aromatic carbocycles. The summed E-state index contributed by atoms with van der Waals surface area (Å²) in [6, 6.07) is 12.2. The molecule has 0 spiro atoms. The van der Waals surface area contributed by atoms with Crippen LogP contribution < -0.4 is 4.90 Å². The molecule has 2 N–H and O–H groups in total. The Hall–Kier alpha value is -2.09. The van der Waals surface area contributed by atoms with Gasteiger partial charge < -0.3 is 15.1 Å². The number of likely N-dealkylation sites (tertiary alicyclic amines) is 1. The molecular formula is C24H31N3O3S. The quantitative estimate of drug-likeness (QED) is 0.660. The Bertz CT molecular complexity index is 897. The van der Waals surface area contributed by atoms with Crippen molar-refractivity contribution in [2.75, 3.05) is 43.9 Å². The molecule has 0 radical (unpaired) electrons. The SMILES string of the molecule is CSc1ccc(-c2ccc(C(=O)O)c(N3CCC(N4CCCC(CO)C4)CC3)n2)cc1. The molecule has 0 saturated carbocycles. The second-order valence-corrected chi connectivity index (χ2v) is 9.38. The summed E-state index contributed by atoms with van der Waals surface area (Å²) in [5, 5.41) is 19.3. The van der Waals surface area contributed by atoms with E-state index in [1.165, 1.54) is 4.90 Å². The molecule has 1 aromatic heterocycles. The molecule has 7 heteroatoms. The van der Waals surface area contributed by atoms with Crippen LogP contribution in [-0.4, -0.2) is 71.1 Å². The Balaban J connectivity index is 1.51. The number of thioether (sulfide) groups is 1. The lowest BCUT2D eigenvalue weighted by Gasteiger charge is -2.42. The molecule has 0 amide bonds. The number of carboxylic acid groups (broad SMARTS) is 1. The molecule has 2 aliphatic heterocycles. The third kappa shape index (κ3) is 5.05. The van der Waals surface area contributed by atoms with Gasteiger partial charge in [0.05, 0.1) is 5.69 Å². The minimum absolute atomic E-state index is 0.265. The summed E-state index contributed by atoms with van der Waals surface area (Å²) in [4.78, 5) is 22.5. The number of aromatic nitrogens is 1. The zero-order valence-electron chi connectivity index (χ0n) is 18.0. The average molecular weight is 442 g/mol. The van der Waals surface area contributed by atoms with E-state index in [9.17, 15) is 15.0 Å². The lowest BCUT2D eigenvalue weighted by Crippen LogP contribution is -2.49. The number of piperidine rings is 2. The maximum absolute atomic E-state index is 11.9. The maximum atomic E-state index is 11.9. The number of carboxylic acids is 1. The van der Waals surface area contributed by atoms with Gasteiger partial charge in [0.2, 0.25) is 0 Å². The van der Waals surface area contributed by atoms with Gasteiger partial charge in [-0.15, -0.1) is 11.8 Å². The van der Waals surface area contributed by atoms with E-state index in [0.717, 1.165) is 63.1 Å². The first-order chi connectivity index (χ1) is 15.1. The molecule has 2 aliphatic rings. The van der Waals surface area contributed by atoms with Gasteiger partial charge in [0, 0.05) is 42.7 Å². The van der Waals surface area contributed by atoms with E-state index in [2.05, 4.69) is 21.9 Å². The number of pyridine rings is 1. The number of aliphatic hydroxyl groups is 1. The van der Waals surface area contributed by atoms with Crippen LogP contribution in [0.4, 0.5) is 5.82 Å². The summed E-state index contributed by atoms with van der Waals surface area (Å²) in [5.41, 5.74) is 2.06. The van der Waals surface area contributed by atoms with E-state index in [-0.39, 0.29) is 12.2 Å². The molecule has 2 saturated heterocycles. The van der Waals surface area contributed by atoms with E-state index in [1.54, 1.807) is 23.9 Å². The van der Waals surface area contributed by atoms with E-state index >= 15 is 0 Å². The summed E-state index contributed by atoms with van der Waals surface area (Å²) in [7, 11) is 0. The third-order valence-corrected chi connectivity index (χ3v) is 7.32. The van der Waals surface area contributed by atoms with Gasteiger partial charge in [0.15, 0.2) is 0 Å². The zero-order valence-corrected chi connectivity index (χ0v) is 18.9. The van der Waals surface area contributed by atoms with E-state index in [1.807, 2.05) is 18.4 Å². The monoisotopic (exact) mass is 441 g/mol. The summed E-state index contributed by atoms with van der Waals surface area (Å²) in [5.74, 6) is 0.0289. The summed E-state index contributed by atoms with van der Waals surface area (Å²) in [6.45, 7) is 3.94. The average Bonchev–Trinajstić information content (AvgIpc) is 2.84. The smallest absolute Gasteiger partial charge is 0.339 e. The van der Waals surface area contributed by atoms with Crippen LogP contribution in [0.3, 0.4) is 0 Å². The van der Waals surface area contributed by atoms with Crippen molar-refractivity contribution in [1.82, 2.24) is 9.88 Å². The second kappa shape index (κ2) is 10.0. The minimum Gasteiger partial charge on any atom is -0.478 e. The molecule has 1 unspecified atom stereocenters. The maximum Gasteiger partial charge on any atom is 0.339 e. The highest BCUT2D eigenvalue weighted by molar-refractivity contribution is 7.98. The van der Waals surface area contributed by atoms with Gasteiger partial charge in [-0.05, 0) is 68.7 Å². The molecule has 1 atom stereocenters. The van der Waals surface area contributed by atoms with E-state index in [4.69, 9.17) is 4.98 Å². The summed E-state index contributed by atoms with van der Waals surface area (Å²) < 4.78 is 0. The zero-order chi connectivity index (χ0) is 21.8. The van der Waals surface area contributed by atoms with Gasteiger partial charge in [-0.1, -0.05) is 12.1 Å². The molecule has 0 aliphatic carbocycles. The summed E-state index contributed by atoms with van der Waals surface area (Å²) >= 11 is 1.69. The molecule has 3 heterocycles. The lowest BCUT2D eigenvalue weighted by molar-refractivity contribution is 0.0696. The van der Waals surface area contributed by atoms with Crippen LogP contribution in [0.25, 0.3) is 11.3 Å². The van der Waals surface area contributed by atoms with E-state index < -0.39 is 5.97 Å². The van der Waals surface area contributed by atoms with Crippen LogP contribution in [0, 0.1) is 5.92 Å². The second-order valence-electron chi connectivity index (χ2n) is 8.51. The van der Waals surface area contributed by atoms with Gasteiger partial charge in [0.25, 0.3) is 0 Å². The molecule has 2 aromatic rings. The predicted molar refractivity (Wildman–Crippen MR) is 125 cm³/mol. The highest BCUT2D eigenvalue weighted by Gasteiger charge is 2.30. The van der Waals surface area contributed by atoms with Crippen LogP contribution in [0.15, 0.2) is 41.3 Å². The first-order valence-electron chi connectivity index (χ1n) is 11.1. The normalized spacial score (nSPS) is 20.7. The van der Waals surface area contributed by atoms with Gasteiger partial charge in [-0.3, -0.25) is 4.90 Å². The van der Waals surface area contributed by atoms with Crippen molar-refractivity contribution in [3.63, 3.8) is 0 Å². The Morgan fingerprint density at radius 2 is 1.84 bits per heavy atom. The highest BCUT2D eigenvalue weighted by Crippen LogP contribution is 2.30. The van der Waals surface area contributed by atoms with Crippen molar-refractivity contribution in [3.8, 4) is 11.3 Å². The topological polar surface area (TPSA) is 76.9 Å². The van der Waals surface area contributed by atoms with Crippen molar-refractivity contribution < 1.29 is 15.0 Å². The van der Waals surface area contributed by atoms with Crippen molar-refractivity contribution in [2.45, 2.75) is 36.6 Å². The van der Waals surface area contributed by atoms with Crippen LogP contribution in [-0.2, 0) is 0 Å². The van der Waals surface area contributed by atoms with Crippen LogP contribution in [0.5, 0.6) is 0 Å². The van der Waals surface area contributed by atoms with Gasteiger partial charge >= 0.3 is 5.97 Å². The largest absolute Gasteiger partial charge is 0.478 e. The third-order valence-electron chi connectivity index (χ3n) is 6.58. The summed E-state index contributed by atoms with van der Waals surface area (Å²) in [6.07, 6.45) is 6.29. The number of rotatable bonds is 6. The van der Waals surface area contributed by atoms with Crippen molar-refractivity contribution >= 4 is 23.5 Å². The molecular weight excluding hydrogens is 410 g/mol. The number of benzene rings is 1. The highest BCUT2D eigenvalue weighted by atomic mass is 32.2. The Labute approximate surface area is 188 Å². The van der Waals surface area contributed by atoms with Gasteiger partial charge in [0.1, 0.15) is 11.4 Å². The Morgan fingerprint density at radius 3 is 2.48 bits per heavy atom. The standard InChI is InChI=1S/C24H31N3O3S/c1-31-20-6-4-18(5-7-20)22-9-8-21(24(29)30)23(25-22)26-13-10-19(11-14-26)27-12-2-3-17(15-27)16-28/h4-9,17,19,28H,2-3,10-16H2,1H3,(H,29,30). The number of carbonyl (C=O) groups is 1. The number of anilines is 1. The fourth-order valence-electron chi connectivity index (χ4n) is 4.80. The van der Waals surface area contributed by atoms with Gasteiger partial charge in [-0.2, -0.15) is 0 Å². The number of hydrogen-bond acceptors (Lipinski definition) is 6.